The Morgan fingerprint density at radius 3 is 2.50 bits per heavy atom. The summed E-state index contributed by atoms with van der Waals surface area (Å²) in [5.74, 6) is 0.627. The van der Waals surface area contributed by atoms with Gasteiger partial charge in [-0.15, -0.1) is 11.8 Å². The zero-order valence-corrected chi connectivity index (χ0v) is 14.0. The monoisotopic (exact) mass is 291 g/mol. The Kier molecular flexibility index (Phi) is 6.44. The van der Waals surface area contributed by atoms with Crippen molar-refractivity contribution in [1.29, 1.82) is 0 Å². The van der Waals surface area contributed by atoms with Crippen LogP contribution in [0.5, 0.6) is 0 Å². The van der Waals surface area contributed by atoms with Gasteiger partial charge in [0.2, 0.25) is 0 Å². The highest BCUT2D eigenvalue weighted by Crippen LogP contribution is 2.34. The first-order chi connectivity index (χ1) is 9.70. The summed E-state index contributed by atoms with van der Waals surface area (Å²) in [4.78, 5) is 1.43. The Morgan fingerprint density at radius 1 is 1.15 bits per heavy atom. The molecule has 1 fully saturated rings. The molecule has 1 saturated carbocycles. The van der Waals surface area contributed by atoms with Crippen molar-refractivity contribution < 1.29 is 0 Å². The topological polar surface area (TPSA) is 12.0 Å². The van der Waals surface area contributed by atoms with E-state index in [-0.39, 0.29) is 0 Å². The average Bonchev–Trinajstić information content (AvgIpc) is 2.47. The molecule has 0 bridgehead atoms. The van der Waals surface area contributed by atoms with Gasteiger partial charge in [0.25, 0.3) is 0 Å². The first kappa shape index (κ1) is 15.9. The first-order valence-electron chi connectivity index (χ1n) is 8.20. The van der Waals surface area contributed by atoms with Crippen LogP contribution in [0.15, 0.2) is 29.2 Å². The number of hydrogen-bond donors (Lipinski definition) is 1. The third kappa shape index (κ3) is 4.53. The van der Waals surface area contributed by atoms with Crippen molar-refractivity contribution >= 4 is 11.8 Å². The quantitative estimate of drug-likeness (QED) is 0.772. The zero-order valence-electron chi connectivity index (χ0n) is 13.2. The number of rotatable bonds is 6. The predicted molar refractivity (Wildman–Crippen MR) is 90.7 cm³/mol. The zero-order chi connectivity index (χ0) is 14.4. The van der Waals surface area contributed by atoms with Gasteiger partial charge in [0.15, 0.2) is 0 Å². The van der Waals surface area contributed by atoms with Crippen LogP contribution in [0.3, 0.4) is 0 Å². The van der Waals surface area contributed by atoms with Gasteiger partial charge < -0.3 is 5.32 Å². The van der Waals surface area contributed by atoms with E-state index in [0.717, 1.165) is 11.8 Å². The van der Waals surface area contributed by atoms with Crippen LogP contribution in [-0.4, -0.2) is 17.8 Å². The lowest BCUT2D eigenvalue weighted by Gasteiger charge is -2.32. The molecule has 1 aliphatic carbocycles. The maximum Gasteiger partial charge on any atom is 0.0248 e. The van der Waals surface area contributed by atoms with Gasteiger partial charge in [-0.1, -0.05) is 45.7 Å². The summed E-state index contributed by atoms with van der Waals surface area (Å²) in [5, 5.41) is 4.50. The second kappa shape index (κ2) is 8.09. The van der Waals surface area contributed by atoms with Gasteiger partial charge in [-0.2, -0.15) is 0 Å². The van der Waals surface area contributed by atoms with Crippen molar-refractivity contribution in [3.05, 3.63) is 29.8 Å². The van der Waals surface area contributed by atoms with Crippen LogP contribution in [0.25, 0.3) is 0 Å². The predicted octanol–water partition coefficient (Wildman–Crippen LogP) is 5.21. The van der Waals surface area contributed by atoms with E-state index in [9.17, 15) is 0 Å². The van der Waals surface area contributed by atoms with Gasteiger partial charge >= 0.3 is 0 Å². The molecule has 0 spiro atoms. The van der Waals surface area contributed by atoms with E-state index < -0.39 is 0 Å². The van der Waals surface area contributed by atoms with Crippen LogP contribution in [0, 0.1) is 0 Å². The molecule has 0 saturated heterocycles. The molecule has 0 heterocycles. The van der Waals surface area contributed by atoms with E-state index in [4.69, 9.17) is 0 Å². The molecule has 1 N–H and O–H groups in total. The first-order valence-corrected chi connectivity index (χ1v) is 9.08. The van der Waals surface area contributed by atoms with Gasteiger partial charge in [0, 0.05) is 16.2 Å². The van der Waals surface area contributed by atoms with E-state index >= 15 is 0 Å². The number of thioether (sulfide) groups is 1. The Labute approximate surface area is 128 Å². The van der Waals surface area contributed by atoms with E-state index in [1.54, 1.807) is 0 Å². The largest absolute Gasteiger partial charge is 0.313 e. The van der Waals surface area contributed by atoms with Crippen molar-refractivity contribution in [3.8, 4) is 0 Å². The molecule has 1 aromatic rings. The lowest BCUT2D eigenvalue weighted by atomic mass is 9.95. The Bertz CT molecular complexity index is 385. The minimum Gasteiger partial charge on any atom is -0.313 e. The van der Waals surface area contributed by atoms with E-state index in [1.165, 1.54) is 42.6 Å². The third-order valence-corrected chi connectivity index (χ3v) is 5.60. The van der Waals surface area contributed by atoms with Gasteiger partial charge in [0.1, 0.15) is 0 Å². The molecule has 2 atom stereocenters. The van der Waals surface area contributed by atoms with E-state index in [1.807, 2.05) is 0 Å². The van der Waals surface area contributed by atoms with Crippen molar-refractivity contribution in [3.63, 3.8) is 0 Å². The molecule has 0 amide bonds. The molecule has 1 aromatic carbocycles. The molecule has 20 heavy (non-hydrogen) atoms. The molecular formula is C18H29NS. The summed E-state index contributed by atoms with van der Waals surface area (Å²) in [5.41, 5.74) is 1.44. The average molecular weight is 292 g/mol. The summed E-state index contributed by atoms with van der Waals surface area (Å²) < 4.78 is 0. The minimum absolute atomic E-state index is 0.627. The Balaban J connectivity index is 1.95. The van der Waals surface area contributed by atoms with Gasteiger partial charge in [0.05, 0.1) is 0 Å². The molecule has 0 aliphatic heterocycles. The van der Waals surface area contributed by atoms with Gasteiger partial charge in [-0.05, 0) is 49.4 Å². The molecule has 0 aromatic heterocycles. The Hall–Kier alpha value is -0.470. The maximum absolute atomic E-state index is 3.75. The molecule has 1 nitrogen and oxygen atoms in total. The highest BCUT2D eigenvalue weighted by atomic mass is 32.2. The summed E-state index contributed by atoms with van der Waals surface area (Å²) in [6.45, 7) is 7.93. The van der Waals surface area contributed by atoms with Crippen molar-refractivity contribution in [1.82, 2.24) is 5.32 Å². The standard InChI is InChI=1S/C18H29NS/c1-4-13-19-17-7-5-6-8-18(17)20-16-11-9-15(10-12-16)14(2)3/h9-12,14,17-19H,4-8,13H2,1-3H3. The second-order valence-corrected chi connectivity index (χ2v) is 7.54. The minimum atomic E-state index is 0.627. The third-order valence-electron chi connectivity index (χ3n) is 4.19. The fourth-order valence-electron chi connectivity index (χ4n) is 2.91. The number of hydrogen-bond acceptors (Lipinski definition) is 2. The highest BCUT2D eigenvalue weighted by molar-refractivity contribution is 8.00. The number of nitrogens with one attached hydrogen (secondary N) is 1. The van der Waals surface area contributed by atoms with E-state index in [0.29, 0.717) is 12.0 Å². The lowest BCUT2D eigenvalue weighted by Crippen LogP contribution is -2.40. The molecule has 112 valence electrons. The van der Waals surface area contributed by atoms with Crippen LogP contribution in [0.1, 0.15) is 64.4 Å². The lowest BCUT2D eigenvalue weighted by molar-refractivity contribution is 0.384. The van der Waals surface area contributed by atoms with Crippen LogP contribution in [-0.2, 0) is 0 Å². The van der Waals surface area contributed by atoms with Crippen LogP contribution in [0.4, 0.5) is 0 Å². The van der Waals surface area contributed by atoms with Crippen LogP contribution < -0.4 is 5.32 Å². The van der Waals surface area contributed by atoms with E-state index in [2.05, 4.69) is 62.1 Å². The van der Waals surface area contributed by atoms with Crippen molar-refractivity contribution in [2.75, 3.05) is 6.54 Å². The summed E-state index contributed by atoms with van der Waals surface area (Å²) >= 11 is 2.08. The fourth-order valence-corrected chi connectivity index (χ4v) is 4.23. The normalized spacial score (nSPS) is 23.2. The SMILES string of the molecule is CCCNC1CCCCC1Sc1ccc(C(C)C)cc1. The molecule has 0 radical (unpaired) electrons. The second-order valence-electron chi connectivity index (χ2n) is 6.23. The fraction of sp³-hybridized carbons (Fsp3) is 0.667. The summed E-state index contributed by atoms with van der Waals surface area (Å²) in [7, 11) is 0. The van der Waals surface area contributed by atoms with Crippen LogP contribution in [0.2, 0.25) is 0 Å². The molecule has 2 rings (SSSR count). The molecule has 2 unspecified atom stereocenters. The smallest absolute Gasteiger partial charge is 0.0248 e. The highest BCUT2D eigenvalue weighted by Gasteiger charge is 2.25. The van der Waals surface area contributed by atoms with Gasteiger partial charge in [-0.3, -0.25) is 0 Å². The Morgan fingerprint density at radius 2 is 1.85 bits per heavy atom. The molecule has 2 heteroatoms. The molecule has 1 aliphatic rings. The maximum atomic E-state index is 3.75. The summed E-state index contributed by atoms with van der Waals surface area (Å²) in [6.07, 6.45) is 6.73. The molecular weight excluding hydrogens is 262 g/mol. The number of benzene rings is 1. The summed E-state index contributed by atoms with van der Waals surface area (Å²) in [6, 6.07) is 9.92. The van der Waals surface area contributed by atoms with Crippen molar-refractivity contribution in [2.45, 2.75) is 75.0 Å². The van der Waals surface area contributed by atoms with Crippen molar-refractivity contribution in [2.24, 2.45) is 0 Å². The van der Waals surface area contributed by atoms with Gasteiger partial charge in [-0.25, -0.2) is 0 Å². The van der Waals surface area contributed by atoms with Crippen LogP contribution >= 0.6 is 11.8 Å².